The van der Waals surface area contributed by atoms with Crippen molar-refractivity contribution in [3.05, 3.63) is 0 Å². The van der Waals surface area contributed by atoms with E-state index in [0.717, 1.165) is 18.5 Å². The van der Waals surface area contributed by atoms with E-state index >= 15 is 0 Å². The minimum absolute atomic E-state index is 0.728. The molecule has 2 atom stereocenters. The summed E-state index contributed by atoms with van der Waals surface area (Å²) in [6.45, 7) is 13.7. The zero-order valence-corrected chi connectivity index (χ0v) is 14.1. The molecule has 1 rings (SSSR count). The van der Waals surface area contributed by atoms with Gasteiger partial charge in [0.15, 0.2) is 0 Å². The van der Waals surface area contributed by atoms with Gasteiger partial charge in [0, 0.05) is 6.04 Å². The molecule has 1 aliphatic carbocycles. The lowest BCUT2D eigenvalue weighted by molar-refractivity contribution is 0.134. The number of nitrogens with zero attached hydrogens (tertiary/aromatic N) is 2. The number of nitrogens with two attached hydrogens (primary N) is 1. The highest BCUT2D eigenvalue weighted by atomic mass is 15.2. The van der Waals surface area contributed by atoms with Crippen LogP contribution < -0.4 is 5.73 Å². The van der Waals surface area contributed by atoms with Crippen LogP contribution in [0.4, 0.5) is 0 Å². The number of hydrogen-bond donors (Lipinski definition) is 1. The van der Waals surface area contributed by atoms with Crippen LogP contribution in [-0.2, 0) is 0 Å². The molecular formula is C17H37N3. The highest BCUT2D eigenvalue weighted by molar-refractivity contribution is 4.82. The number of hydrogen-bond acceptors (Lipinski definition) is 3. The zero-order valence-electron chi connectivity index (χ0n) is 14.1. The van der Waals surface area contributed by atoms with E-state index in [1.165, 1.54) is 71.2 Å². The topological polar surface area (TPSA) is 32.5 Å². The molecule has 0 aromatic rings. The van der Waals surface area contributed by atoms with Crippen LogP contribution in [0.5, 0.6) is 0 Å². The fourth-order valence-electron chi connectivity index (χ4n) is 3.72. The summed E-state index contributed by atoms with van der Waals surface area (Å²) in [5.41, 5.74) is 6.04. The summed E-state index contributed by atoms with van der Waals surface area (Å²) >= 11 is 0. The van der Waals surface area contributed by atoms with Crippen molar-refractivity contribution in [2.24, 2.45) is 11.7 Å². The SMILES string of the molecule is CCN(CC)CCCN(CC)C1CCCCCC1CN. The third kappa shape index (κ3) is 5.71. The first-order valence-electron chi connectivity index (χ1n) is 8.93. The first-order chi connectivity index (χ1) is 9.76. The third-order valence-corrected chi connectivity index (χ3v) is 5.11. The Kier molecular flexibility index (Phi) is 9.49. The molecule has 3 nitrogen and oxygen atoms in total. The lowest BCUT2D eigenvalue weighted by Gasteiger charge is -2.35. The summed E-state index contributed by atoms with van der Waals surface area (Å²) in [4.78, 5) is 5.24. The molecule has 0 amide bonds. The van der Waals surface area contributed by atoms with Gasteiger partial charge in [-0.05, 0) is 64.4 Å². The monoisotopic (exact) mass is 283 g/mol. The molecule has 0 aromatic carbocycles. The summed E-state index contributed by atoms with van der Waals surface area (Å²) in [6, 6.07) is 0.740. The minimum atomic E-state index is 0.728. The molecule has 3 heteroatoms. The molecular weight excluding hydrogens is 246 g/mol. The standard InChI is InChI=1S/C17H37N3/c1-4-19(5-2)13-10-14-20(6-3)17-12-9-7-8-11-16(17)15-18/h16-17H,4-15,18H2,1-3H3. The molecule has 2 unspecified atom stereocenters. The Bertz CT molecular complexity index is 228. The fourth-order valence-corrected chi connectivity index (χ4v) is 3.72. The summed E-state index contributed by atoms with van der Waals surface area (Å²) in [6.07, 6.45) is 8.19. The molecule has 0 heterocycles. The van der Waals surface area contributed by atoms with Gasteiger partial charge in [-0.2, -0.15) is 0 Å². The summed E-state index contributed by atoms with van der Waals surface area (Å²) < 4.78 is 0. The van der Waals surface area contributed by atoms with Crippen molar-refractivity contribution < 1.29 is 0 Å². The highest BCUT2D eigenvalue weighted by Gasteiger charge is 2.26. The molecule has 1 aliphatic rings. The van der Waals surface area contributed by atoms with Gasteiger partial charge in [-0.15, -0.1) is 0 Å². The van der Waals surface area contributed by atoms with Crippen molar-refractivity contribution in [2.45, 2.75) is 65.3 Å². The van der Waals surface area contributed by atoms with Gasteiger partial charge in [0.25, 0.3) is 0 Å². The second-order valence-corrected chi connectivity index (χ2v) is 6.21. The van der Waals surface area contributed by atoms with Gasteiger partial charge in [0.1, 0.15) is 0 Å². The van der Waals surface area contributed by atoms with E-state index in [9.17, 15) is 0 Å². The average Bonchev–Trinajstić information content (AvgIpc) is 2.73. The maximum Gasteiger partial charge on any atom is 0.0135 e. The van der Waals surface area contributed by atoms with Crippen LogP contribution in [0.15, 0.2) is 0 Å². The largest absolute Gasteiger partial charge is 0.330 e. The molecule has 120 valence electrons. The van der Waals surface area contributed by atoms with Gasteiger partial charge in [-0.3, -0.25) is 0 Å². The van der Waals surface area contributed by atoms with Crippen LogP contribution in [-0.4, -0.2) is 55.1 Å². The van der Waals surface area contributed by atoms with Crippen LogP contribution in [0.2, 0.25) is 0 Å². The predicted molar refractivity (Wildman–Crippen MR) is 89.1 cm³/mol. The van der Waals surface area contributed by atoms with Crippen molar-refractivity contribution in [3.8, 4) is 0 Å². The molecule has 0 aromatic heterocycles. The van der Waals surface area contributed by atoms with Crippen molar-refractivity contribution in [2.75, 3.05) is 39.3 Å². The molecule has 0 saturated heterocycles. The maximum absolute atomic E-state index is 6.04. The van der Waals surface area contributed by atoms with Gasteiger partial charge in [0.2, 0.25) is 0 Å². The lowest BCUT2D eigenvalue weighted by atomic mass is 9.93. The Morgan fingerprint density at radius 2 is 1.60 bits per heavy atom. The second kappa shape index (κ2) is 10.6. The molecule has 2 N–H and O–H groups in total. The van der Waals surface area contributed by atoms with Crippen molar-refractivity contribution in [1.82, 2.24) is 9.80 Å². The Labute approximate surface area is 126 Å². The molecule has 0 bridgehead atoms. The molecule has 0 radical (unpaired) electrons. The fraction of sp³-hybridized carbons (Fsp3) is 1.00. The van der Waals surface area contributed by atoms with E-state index in [2.05, 4.69) is 30.6 Å². The first kappa shape index (κ1) is 17.9. The molecule has 1 saturated carbocycles. The van der Waals surface area contributed by atoms with Gasteiger partial charge in [-0.25, -0.2) is 0 Å². The Hall–Kier alpha value is -0.120. The van der Waals surface area contributed by atoms with Gasteiger partial charge in [-0.1, -0.05) is 40.0 Å². The van der Waals surface area contributed by atoms with Crippen LogP contribution in [0.25, 0.3) is 0 Å². The Balaban J connectivity index is 2.45. The van der Waals surface area contributed by atoms with E-state index in [1.54, 1.807) is 0 Å². The molecule has 20 heavy (non-hydrogen) atoms. The van der Waals surface area contributed by atoms with Crippen LogP contribution in [0.1, 0.15) is 59.3 Å². The van der Waals surface area contributed by atoms with Crippen LogP contribution in [0, 0.1) is 5.92 Å². The van der Waals surface area contributed by atoms with E-state index in [-0.39, 0.29) is 0 Å². The second-order valence-electron chi connectivity index (χ2n) is 6.21. The predicted octanol–water partition coefficient (Wildman–Crippen LogP) is 2.95. The maximum atomic E-state index is 6.04. The van der Waals surface area contributed by atoms with Crippen molar-refractivity contribution >= 4 is 0 Å². The van der Waals surface area contributed by atoms with E-state index in [0.29, 0.717) is 0 Å². The van der Waals surface area contributed by atoms with E-state index < -0.39 is 0 Å². The molecule has 1 fully saturated rings. The first-order valence-corrected chi connectivity index (χ1v) is 8.93. The normalized spacial score (nSPS) is 24.3. The van der Waals surface area contributed by atoms with Crippen LogP contribution in [0.3, 0.4) is 0 Å². The minimum Gasteiger partial charge on any atom is -0.330 e. The van der Waals surface area contributed by atoms with Crippen molar-refractivity contribution in [3.63, 3.8) is 0 Å². The van der Waals surface area contributed by atoms with Gasteiger partial charge >= 0.3 is 0 Å². The van der Waals surface area contributed by atoms with E-state index in [1.807, 2.05) is 0 Å². The molecule has 0 spiro atoms. The Morgan fingerprint density at radius 3 is 2.20 bits per heavy atom. The zero-order chi connectivity index (χ0) is 14.8. The third-order valence-electron chi connectivity index (χ3n) is 5.11. The molecule has 0 aliphatic heterocycles. The Morgan fingerprint density at radius 1 is 0.900 bits per heavy atom. The van der Waals surface area contributed by atoms with E-state index in [4.69, 9.17) is 5.73 Å². The van der Waals surface area contributed by atoms with Crippen molar-refractivity contribution in [1.29, 1.82) is 0 Å². The van der Waals surface area contributed by atoms with Gasteiger partial charge in [0.05, 0.1) is 0 Å². The average molecular weight is 284 g/mol. The highest BCUT2D eigenvalue weighted by Crippen LogP contribution is 2.27. The van der Waals surface area contributed by atoms with Crippen LogP contribution >= 0.6 is 0 Å². The smallest absolute Gasteiger partial charge is 0.0135 e. The summed E-state index contributed by atoms with van der Waals surface area (Å²) in [5, 5.41) is 0. The lowest BCUT2D eigenvalue weighted by Crippen LogP contribution is -2.44. The summed E-state index contributed by atoms with van der Waals surface area (Å²) in [7, 11) is 0. The summed E-state index contributed by atoms with van der Waals surface area (Å²) in [5.74, 6) is 0.728. The van der Waals surface area contributed by atoms with Gasteiger partial charge < -0.3 is 15.5 Å². The quantitative estimate of drug-likeness (QED) is 0.660. The number of rotatable bonds is 9.